The fourth-order valence-corrected chi connectivity index (χ4v) is 7.05. The van der Waals surface area contributed by atoms with E-state index in [4.69, 9.17) is 4.43 Å². The lowest BCUT2D eigenvalue weighted by Gasteiger charge is -2.34. The molecule has 1 heterocycles. The highest BCUT2D eigenvalue weighted by Gasteiger charge is 2.45. The second kappa shape index (κ2) is 11.6. The predicted molar refractivity (Wildman–Crippen MR) is 139 cm³/mol. The molecule has 1 N–H and O–H groups in total. The molecule has 1 radical (unpaired) electrons. The Kier molecular flexibility index (Phi) is 8.64. The normalized spacial score (nSPS) is 22.7. The van der Waals surface area contributed by atoms with E-state index in [1.165, 1.54) is 15.7 Å². The first-order chi connectivity index (χ1) is 17.9. The van der Waals surface area contributed by atoms with Crippen molar-refractivity contribution in [3.63, 3.8) is 0 Å². The summed E-state index contributed by atoms with van der Waals surface area (Å²) in [4.78, 5) is 25.4. The zero-order chi connectivity index (χ0) is 27.5. The Morgan fingerprint density at radius 1 is 1.03 bits per heavy atom. The molecule has 1 saturated carbocycles. The standard InChI is InChI=1S/C28H34F3N2O4Si/c1-27(2,3)20-10-13-23(14-11-20)38(22-7-5-4-6-8-22)37-21-12-9-19(17-21)18-33-16-15-32-24(25(33)34)36-26(35)28(29,30)31/h4-8,10-11,13-14,19,21,24,32H,9,12,15-18H2,1-3H3. The SMILES string of the molecule is CC(C)(C)c1ccc([Si](OC2CCC(CN3CCNC(OC(=O)C(F)(F)F)C3=O)C2)c2ccccc2)cc1. The maximum absolute atomic E-state index is 12.7. The zero-order valence-corrected chi connectivity index (χ0v) is 22.9. The van der Waals surface area contributed by atoms with Gasteiger partial charge in [-0.1, -0.05) is 75.4 Å². The molecule has 2 aromatic carbocycles. The number of carbonyl (C=O) groups is 2. The molecule has 0 bridgehead atoms. The number of benzene rings is 2. The number of halogens is 3. The number of esters is 1. The molecule has 1 aliphatic carbocycles. The molecular formula is C28H34F3N2O4Si. The third kappa shape index (κ3) is 7.03. The summed E-state index contributed by atoms with van der Waals surface area (Å²) in [5.41, 5.74) is 1.32. The Labute approximate surface area is 223 Å². The van der Waals surface area contributed by atoms with Crippen LogP contribution in [0.2, 0.25) is 0 Å². The summed E-state index contributed by atoms with van der Waals surface area (Å²) in [6, 6.07) is 18.9. The average molecular weight is 548 g/mol. The number of carbonyl (C=O) groups excluding carboxylic acids is 2. The van der Waals surface area contributed by atoms with Gasteiger partial charge in [0, 0.05) is 25.7 Å². The minimum absolute atomic E-state index is 0.0215. The Hall–Kier alpha value is -2.69. The van der Waals surface area contributed by atoms with Crippen LogP contribution in [0.1, 0.15) is 45.6 Å². The topological polar surface area (TPSA) is 67.9 Å². The maximum atomic E-state index is 12.7. The van der Waals surface area contributed by atoms with Crippen LogP contribution < -0.4 is 15.7 Å². The van der Waals surface area contributed by atoms with Crippen LogP contribution in [-0.2, 0) is 24.2 Å². The third-order valence-electron chi connectivity index (χ3n) is 7.01. The fourth-order valence-electron chi connectivity index (χ4n) is 4.94. The second-order valence-electron chi connectivity index (χ2n) is 11.0. The molecule has 6 nitrogen and oxygen atoms in total. The highest BCUT2D eigenvalue weighted by atomic mass is 28.3. The molecule has 1 saturated heterocycles. The molecule has 2 aliphatic rings. The lowest BCUT2D eigenvalue weighted by Crippen LogP contribution is -2.58. The van der Waals surface area contributed by atoms with Gasteiger partial charge in [0.05, 0.1) is 0 Å². The van der Waals surface area contributed by atoms with Gasteiger partial charge in [-0.05, 0) is 46.5 Å². The lowest BCUT2D eigenvalue weighted by molar-refractivity contribution is -0.209. The first-order valence-electron chi connectivity index (χ1n) is 12.9. The molecule has 1 amide bonds. The van der Waals surface area contributed by atoms with Crippen molar-refractivity contribution in [2.45, 2.75) is 64.0 Å². The van der Waals surface area contributed by atoms with Gasteiger partial charge in [-0.25, -0.2) is 4.79 Å². The number of nitrogens with one attached hydrogen (secondary N) is 1. The molecule has 2 aromatic rings. The monoisotopic (exact) mass is 547 g/mol. The van der Waals surface area contributed by atoms with E-state index in [1.54, 1.807) is 0 Å². The fraction of sp³-hybridized carbons (Fsp3) is 0.500. The quantitative estimate of drug-likeness (QED) is 0.426. The van der Waals surface area contributed by atoms with Gasteiger partial charge < -0.3 is 14.1 Å². The van der Waals surface area contributed by atoms with Crippen LogP contribution in [0.25, 0.3) is 0 Å². The Bertz CT molecular complexity index is 1110. The van der Waals surface area contributed by atoms with Crippen molar-refractivity contribution in [3.8, 4) is 0 Å². The van der Waals surface area contributed by atoms with E-state index in [0.717, 1.165) is 24.4 Å². The summed E-state index contributed by atoms with van der Waals surface area (Å²) < 4.78 is 48.9. The summed E-state index contributed by atoms with van der Waals surface area (Å²) in [5.74, 6) is -2.86. The molecule has 205 valence electrons. The van der Waals surface area contributed by atoms with Crippen LogP contribution in [-0.4, -0.2) is 64.0 Å². The minimum Gasteiger partial charge on any atom is -0.430 e. The minimum atomic E-state index is -5.15. The van der Waals surface area contributed by atoms with E-state index >= 15 is 0 Å². The van der Waals surface area contributed by atoms with Crippen LogP contribution in [0.3, 0.4) is 0 Å². The highest BCUT2D eigenvalue weighted by molar-refractivity contribution is 6.80. The number of alkyl halides is 3. The molecule has 3 unspecified atom stereocenters. The molecule has 0 aromatic heterocycles. The highest BCUT2D eigenvalue weighted by Crippen LogP contribution is 2.30. The number of hydrogen-bond acceptors (Lipinski definition) is 5. The van der Waals surface area contributed by atoms with Crippen molar-refractivity contribution in [1.82, 2.24) is 10.2 Å². The Morgan fingerprint density at radius 3 is 2.32 bits per heavy atom. The largest absolute Gasteiger partial charge is 0.490 e. The molecule has 0 spiro atoms. The van der Waals surface area contributed by atoms with E-state index < -0.39 is 33.3 Å². The average Bonchev–Trinajstić information content (AvgIpc) is 3.31. The number of piperazine rings is 1. The van der Waals surface area contributed by atoms with Crippen molar-refractivity contribution in [2.75, 3.05) is 19.6 Å². The number of hydrogen-bond donors (Lipinski definition) is 1. The van der Waals surface area contributed by atoms with Crippen molar-refractivity contribution in [1.29, 1.82) is 0 Å². The number of ether oxygens (including phenoxy) is 1. The zero-order valence-electron chi connectivity index (χ0n) is 21.9. The van der Waals surface area contributed by atoms with Crippen LogP contribution in [0, 0.1) is 5.92 Å². The smallest absolute Gasteiger partial charge is 0.430 e. The van der Waals surface area contributed by atoms with Crippen molar-refractivity contribution in [3.05, 3.63) is 60.2 Å². The third-order valence-corrected chi connectivity index (χ3v) is 9.29. The molecular weight excluding hydrogens is 513 g/mol. The summed E-state index contributed by atoms with van der Waals surface area (Å²) in [6.07, 6.45) is -4.29. The van der Waals surface area contributed by atoms with E-state index in [1.807, 2.05) is 18.2 Å². The van der Waals surface area contributed by atoms with E-state index in [9.17, 15) is 22.8 Å². The predicted octanol–water partition coefficient (Wildman–Crippen LogP) is 3.14. The molecule has 10 heteroatoms. The van der Waals surface area contributed by atoms with E-state index in [0.29, 0.717) is 13.1 Å². The summed E-state index contributed by atoms with van der Waals surface area (Å²) in [7, 11) is -1.50. The Balaban J connectivity index is 1.39. The summed E-state index contributed by atoms with van der Waals surface area (Å²) in [5, 5.41) is 4.89. The van der Waals surface area contributed by atoms with Crippen LogP contribution in [0.15, 0.2) is 54.6 Å². The molecule has 3 atom stereocenters. The van der Waals surface area contributed by atoms with Crippen LogP contribution >= 0.6 is 0 Å². The first kappa shape index (κ1) is 28.3. The van der Waals surface area contributed by atoms with Crippen molar-refractivity contribution in [2.24, 2.45) is 5.92 Å². The van der Waals surface area contributed by atoms with Gasteiger partial charge in [0.2, 0.25) is 6.23 Å². The van der Waals surface area contributed by atoms with Gasteiger partial charge in [0.15, 0.2) is 0 Å². The maximum Gasteiger partial charge on any atom is 0.490 e. The second-order valence-corrected chi connectivity index (χ2v) is 13.0. The van der Waals surface area contributed by atoms with Gasteiger partial charge in [-0.3, -0.25) is 10.1 Å². The number of nitrogens with zero attached hydrogens (tertiary/aromatic N) is 1. The Morgan fingerprint density at radius 2 is 1.68 bits per heavy atom. The number of amides is 1. The van der Waals surface area contributed by atoms with Crippen LogP contribution in [0.4, 0.5) is 13.2 Å². The van der Waals surface area contributed by atoms with E-state index in [-0.39, 0.29) is 24.0 Å². The van der Waals surface area contributed by atoms with Crippen molar-refractivity contribution < 1.29 is 31.9 Å². The first-order valence-corrected chi connectivity index (χ1v) is 14.3. The van der Waals surface area contributed by atoms with Gasteiger partial charge in [0.1, 0.15) is 0 Å². The lowest BCUT2D eigenvalue weighted by atomic mass is 9.87. The summed E-state index contributed by atoms with van der Waals surface area (Å²) >= 11 is 0. The summed E-state index contributed by atoms with van der Waals surface area (Å²) in [6.45, 7) is 7.55. The van der Waals surface area contributed by atoms with Gasteiger partial charge in [-0.15, -0.1) is 0 Å². The van der Waals surface area contributed by atoms with Crippen LogP contribution in [0.5, 0.6) is 0 Å². The van der Waals surface area contributed by atoms with E-state index in [2.05, 4.69) is 67.2 Å². The number of rotatable bonds is 7. The molecule has 4 rings (SSSR count). The molecule has 2 fully saturated rings. The van der Waals surface area contributed by atoms with Gasteiger partial charge in [-0.2, -0.15) is 13.2 Å². The van der Waals surface area contributed by atoms with Gasteiger partial charge >= 0.3 is 12.1 Å². The molecule has 38 heavy (non-hydrogen) atoms. The molecule has 1 aliphatic heterocycles. The van der Waals surface area contributed by atoms with Crippen molar-refractivity contribution >= 4 is 31.3 Å². The van der Waals surface area contributed by atoms with Gasteiger partial charge in [0.25, 0.3) is 14.9 Å².